The lowest BCUT2D eigenvalue weighted by atomic mass is 9.96. The SMILES string of the molecule is O=C(NCc1ccc(F)cc1F)[C@H]1CCCN(c2cn[nH]c(=O)c2)C1. The maximum Gasteiger partial charge on any atom is 0.266 e. The summed E-state index contributed by atoms with van der Waals surface area (Å²) in [6, 6.07) is 4.72. The van der Waals surface area contributed by atoms with Crippen LogP contribution < -0.4 is 15.8 Å². The molecule has 0 radical (unpaired) electrons. The number of rotatable bonds is 4. The number of amides is 1. The Balaban J connectivity index is 1.61. The summed E-state index contributed by atoms with van der Waals surface area (Å²) in [4.78, 5) is 25.7. The average Bonchev–Trinajstić information content (AvgIpc) is 2.61. The van der Waals surface area contributed by atoms with Gasteiger partial charge in [-0.05, 0) is 18.9 Å². The molecule has 2 aromatic rings. The quantitative estimate of drug-likeness (QED) is 0.879. The van der Waals surface area contributed by atoms with Crippen molar-refractivity contribution in [2.45, 2.75) is 19.4 Å². The number of carbonyl (C=O) groups excluding carboxylic acids is 1. The zero-order chi connectivity index (χ0) is 17.8. The highest BCUT2D eigenvalue weighted by atomic mass is 19.1. The van der Waals surface area contributed by atoms with Crippen molar-refractivity contribution in [2.24, 2.45) is 5.92 Å². The smallest absolute Gasteiger partial charge is 0.266 e. The Labute approximate surface area is 142 Å². The van der Waals surface area contributed by atoms with Gasteiger partial charge < -0.3 is 10.2 Å². The zero-order valence-corrected chi connectivity index (χ0v) is 13.5. The van der Waals surface area contributed by atoms with Gasteiger partial charge in [-0.1, -0.05) is 6.07 Å². The predicted molar refractivity (Wildman–Crippen MR) is 88.0 cm³/mol. The molecular weight excluding hydrogens is 330 g/mol. The lowest BCUT2D eigenvalue weighted by molar-refractivity contribution is -0.125. The number of nitrogens with one attached hydrogen (secondary N) is 2. The van der Waals surface area contributed by atoms with Crippen LogP contribution in [-0.2, 0) is 11.3 Å². The van der Waals surface area contributed by atoms with E-state index in [4.69, 9.17) is 0 Å². The minimum absolute atomic E-state index is 0.00794. The van der Waals surface area contributed by atoms with Gasteiger partial charge in [-0.3, -0.25) is 9.59 Å². The number of H-pyrrole nitrogens is 1. The van der Waals surface area contributed by atoms with Crippen LogP contribution in [0.4, 0.5) is 14.5 Å². The first kappa shape index (κ1) is 17.1. The van der Waals surface area contributed by atoms with E-state index in [2.05, 4.69) is 15.5 Å². The van der Waals surface area contributed by atoms with Gasteiger partial charge in [0.1, 0.15) is 11.6 Å². The van der Waals surface area contributed by atoms with Gasteiger partial charge in [-0.2, -0.15) is 5.10 Å². The van der Waals surface area contributed by atoms with Crippen LogP contribution in [0.2, 0.25) is 0 Å². The van der Waals surface area contributed by atoms with E-state index in [9.17, 15) is 18.4 Å². The summed E-state index contributed by atoms with van der Waals surface area (Å²) in [5, 5.41) is 8.79. The number of piperidine rings is 1. The molecule has 1 fully saturated rings. The monoisotopic (exact) mass is 348 g/mol. The van der Waals surface area contributed by atoms with Gasteiger partial charge in [0, 0.05) is 37.3 Å². The molecule has 0 unspecified atom stereocenters. The molecule has 0 saturated carbocycles. The molecule has 25 heavy (non-hydrogen) atoms. The second-order valence-electron chi connectivity index (χ2n) is 6.04. The molecule has 1 aromatic heterocycles. The number of anilines is 1. The number of carbonyl (C=O) groups is 1. The molecule has 2 N–H and O–H groups in total. The number of aromatic amines is 1. The highest BCUT2D eigenvalue weighted by Crippen LogP contribution is 2.22. The molecule has 1 aliphatic heterocycles. The Bertz CT molecular complexity index is 824. The van der Waals surface area contributed by atoms with Crippen molar-refractivity contribution in [1.29, 1.82) is 0 Å². The lowest BCUT2D eigenvalue weighted by Crippen LogP contribution is -2.43. The summed E-state index contributed by atoms with van der Waals surface area (Å²) >= 11 is 0. The van der Waals surface area contributed by atoms with Crippen molar-refractivity contribution >= 4 is 11.6 Å². The molecule has 1 saturated heterocycles. The maximum absolute atomic E-state index is 13.6. The van der Waals surface area contributed by atoms with Crippen molar-refractivity contribution in [2.75, 3.05) is 18.0 Å². The summed E-state index contributed by atoms with van der Waals surface area (Å²) in [7, 11) is 0. The van der Waals surface area contributed by atoms with Crippen molar-refractivity contribution in [3.63, 3.8) is 0 Å². The minimum Gasteiger partial charge on any atom is -0.369 e. The summed E-state index contributed by atoms with van der Waals surface area (Å²) < 4.78 is 26.5. The molecule has 1 aliphatic rings. The second kappa shape index (κ2) is 7.42. The fraction of sp³-hybridized carbons (Fsp3) is 0.353. The Hall–Kier alpha value is -2.77. The van der Waals surface area contributed by atoms with E-state index < -0.39 is 11.6 Å². The van der Waals surface area contributed by atoms with Crippen LogP contribution in [0.15, 0.2) is 35.3 Å². The Morgan fingerprint density at radius 3 is 2.96 bits per heavy atom. The molecule has 1 aromatic carbocycles. The van der Waals surface area contributed by atoms with E-state index in [0.29, 0.717) is 18.7 Å². The number of halogens is 2. The highest BCUT2D eigenvalue weighted by Gasteiger charge is 2.26. The van der Waals surface area contributed by atoms with Crippen molar-refractivity contribution in [3.05, 3.63) is 58.0 Å². The molecule has 1 amide bonds. The van der Waals surface area contributed by atoms with E-state index in [0.717, 1.165) is 25.1 Å². The van der Waals surface area contributed by atoms with Gasteiger partial charge in [-0.25, -0.2) is 13.9 Å². The van der Waals surface area contributed by atoms with Crippen LogP contribution in [0, 0.1) is 17.6 Å². The molecule has 0 bridgehead atoms. The molecule has 1 atom stereocenters. The second-order valence-corrected chi connectivity index (χ2v) is 6.04. The van der Waals surface area contributed by atoms with E-state index in [1.54, 1.807) is 6.20 Å². The fourth-order valence-corrected chi connectivity index (χ4v) is 2.96. The van der Waals surface area contributed by atoms with Gasteiger partial charge in [0.05, 0.1) is 17.8 Å². The maximum atomic E-state index is 13.6. The van der Waals surface area contributed by atoms with Crippen LogP contribution in [-0.4, -0.2) is 29.2 Å². The van der Waals surface area contributed by atoms with Gasteiger partial charge in [0.2, 0.25) is 5.91 Å². The number of aromatic nitrogens is 2. The first-order chi connectivity index (χ1) is 12.0. The lowest BCUT2D eigenvalue weighted by Gasteiger charge is -2.33. The number of nitrogens with zero attached hydrogens (tertiary/aromatic N) is 2. The molecule has 3 rings (SSSR count). The molecule has 8 heteroatoms. The number of hydrogen-bond acceptors (Lipinski definition) is 4. The molecule has 2 heterocycles. The van der Waals surface area contributed by atoms with Crippen molar-refractivity contribution in [3.8, 4) is 0 Å². The first-order valence-corrected chi connectivity index (χ1v) is 8.04. The van der Waals surface area contributed by atoms with Gasteiger partial charge >= 0.3 is 0 Å². The van der Waals surface area contributed by atoms with Crippen LogP contribution in [0.5, 0.6) is 0 Å². The first-order valence-electron chi connectivity index (χ1n) is 8.04. The summed E-state index contributed by atoms with van der Waals surface area (Å²) in [5.41, 5.74) is 0.614. The van der Waals surface area contributed by atoms with E-state index in [1.165, 1.54) is 12.1 Å². The number of benzene rings is 1. The average molecular weight is 348 g/mol. The van der Waals surface area contributed by atoms with E-state index >= 15 is 0 Å². The third-order valence-corrected chi connectivity index (χ3v) is 4.28. The zero-order valence-electron chi connectivity index (χ0n) is 13.5. The standard InChI is InChI=1S/C17H18F2N4O2/c18-13-4-3-11(15(19)6-13)8-20-17(25)12-2-1-5-23(10-12)14-7-16(24)22-21-9-14/h3-4,6-7,9,12H,1-2,5,8,10H2,(H,20,25)(H,22,24)/t12-/m0/s1. The van der Waals surface area contributed by atoms with Crippen LogP contribution in [0.1, 0.15) is 18.4 Å². The third-order valence-electron chi connectivity index (χ3n) is 4.28. The van der Waals surface area contributed by atoms with E-state index in [-0.39, 0.29) is 29.5 Å². The van der Waals surface area contributed by atoms with Gasteiger partial charge in [0.25, 0.3) is 5.56 Å². The van der Waals surface area contributed by atoms with Crippen molar-refractivity contribution in [1.82, 2.24) is 15.5 Å². The molecule has 6 nitrogen and oxygen atoms in total. The molecule has 132 valence electrons. The number of hydrogen-bond donors (Lipinski definition) is 2. The summed E-state index contributed by atoms with van der Waals surface area (Å²) in [6.07, 6.45) is 3.07. The molecule has 0 aliphatic carbocycles. The van der Waals surface area contributed by atoms with Gasteiger partial charge in [0.15, 0.2) is 0 Å². The molecular formula is C17H18F2N4O2. The summed E-state index contributed by atoms with van der Waals surface area (Å²) in [5.74, 6) is -1.79. The topological polar surface area (TPSA) is 78.1 Å². The van der Waals surface area contributed by atoms with Crippen molar-refractivity contribution < 1.29 is 13.6 Å². The van der Waals surface area contributed by atoms with Crippen LogP contribution in [0.3, 0.4) is 0 Å². The normalized spacial score (nSPS) is 17.4. The Morgan fingerprint density at radius 1 is 1.36 bits per heavy atom. The highest BCUT2D eigenvalue weighted by molar-refractivity contribution is 5.79. The minimum atomic E-state index is -0.680. The molecule has 0 spiro atoms. The largest absolute Gasteiger partial charge is 0.369 e. The van der Waals surface area contributed by atoms with Crippen LogP contribution >= 0.6 is 0 Å². The predicted octanol–water partition coefficient (Wildman–Crippen LogP) is 1.58. The Kier molecular flexibility index (Phi) is 5.06. The Morgan fingerprint density at radius 2 is 2.20 bits per heavy atom. The summed E-state index contributed by atoms with van der Waals surface area (Å²) in [6.45, 7) is 1.21. The van der Waals surface area contributed by atoms with E-state index in [1.807, 2.05) is 4.90 Å². The fourth-order valence-electron chi connectivity index (χ4n) is 2.96. The third kappa shape index (κ3) is 4.20. The van der Waals surface area contributed by atoms with Gasteiger partial charge in [-0.15, -0.1) is 0 Å². The van der Waals surface area contributed by atoms with Crippen LogP contribution in [0.25, 0.3) is 0 Å².